The predicted octanol–water partition coefficient (Wildman–Crippen LogP) is 0.556. The van der Waals surface area contributed by atoms with Crippen LogP contribution in [0.25, 0.3) is 31.7 Å². The molecule has 0 aliphatic carbocycles. The Hall–Kier alpha value is -2.28. The Balaban J connectivity index is 0.00000240. The fraction of sp³-hybridized carbons (Fsp3) is 0.318. The van der Waals surface area contributed by atoms with E-state index in [2.05, 4.69) is 54.3 Å². The molecule has 0 spiro atoms. The third-order valence-corrected chi connectivity index (χ3v) is 6.34. The molecule has 29 heavy (non-hydrogen) atoms. The molecule has 0 bridgehead atoms. The van der Waals surface area contributed by atoms with Gasteiger partial charge in [-0.3, -0.25) is 0 Å². The number of aromatic nitrogens is 3. The topological polar surface area (TPSA) is 55.1 Å². The molecular weight excluding hydrogens is 402 g/mol. The molecule has 0 aliphatic heterocycles. The van der Waals surface area contributed by atoms with Crippen LogP contribution in [-0.2, 0) is 0 Å². The van der Waals surface area contributed by atoms with E-state index in [-0.39, 0.29) is 12.4 Å². The summed E-state index contributed by atoms with van der Waals surface area (Å²) in [6, 6.07) is 12.5. The van der Waals surface area contributed by atoms with Crippen LogP contribution in [0.15, 0.2) is 42.7 Å². The lowest BCUT2D eigenvalue weighted by Crippen LogP contribution is -3.12. The highest BCUT2D eigenvalue weighted by molar-refractivity contribution is 7.26. The van der Waals surface area contributed by atoms with Gasteiger partial charge in [0.25, 0.3) is 0 Å². The van der Waals surface area contributed by atoms with Crippen LogP contribution in [0.1, 0.15) is 19.4 Å². The van der Waals surface area contributed by atoms with Crippen molar-refractivity contribution in [3.8, 4) is 11.3 Å². The van der Waals surface area contributed by atoms with Gasteiger partial charge in [-0.05, 0) is 32.4 Å². The van der Waals surface area contributed by atoms with E-state index >= 15 is 0 Å². The average molecular weight is 428 g/mol. The van der Waals surface area contributed by atoms with Crippen molar-refractivity contribution in [2.24, 2.45) is 0 Å². The van der Waals surface area contributed by atoms with Crippen LogP contribution < -0.4 is 22.6 Å². The summed E-state index contributed by atoms with van der Waals surface area (Å²) in [7, 11) is 0. The number of anilines is 1. The monoisotopic (exact) mass is 427 g/mol. The van der Waals surface area contributed by atoms with Gasteiger partial charge in [-0.2, -0.15) is 0 Å². The molecule has 152 valence electrons. The molecule has 2 N–H and O–H groups in total. The number of likely N-dealkylation sites (N-methyl/N-ethyl adjacent to an activating group) is 1. The van der Waals surface area contributed by atoms with Gasteiger partial charge < -0.3 is 22.6 Å². The van der Waals surface area contributed by atoms with E-state index < -0.39 is 0 Å². The second kappa shape index (κ2) is 9.48. The number of fused-ring (bicyclic) bond motifs is 3. The SMILES string of the molecule is CC[NH+](CC)CCNc1ncnc2c1sc1nc(-c3ccccc3)cc(C)c12.[Cl-]. The molecule has 3 aromatic heterocycles. The van der Waals surface area contributed by atoms with Crippen LogP contribution in [0.3, 0.4) is 0 Å². The Morgan fingerprint density at radius 1 is 1.07 bits per heavy atom. The van der Waals surface area contributed by atoms with Gasteiger partial charge in [0.1, 0.15) is 17.0 Å². The van der Waals surface area contributed by atoms with Crippen LogP contribution in [0, 0.1) is 6.92 Å². The first-order chi connectivity index (χ1) is 13.7. The minimum Gasteiger partial charge on any atom is -1.00 e. The number of quaternary nitrogens is 1. The highest BCUT2D eigenvalue weighted by atomic mass is 35.5. The van der Waals surface area contributed by atoms with Gasteiger partial charge >= 0.3 is 0 Å². The van der Waals surface area contributed by atoms with Gasteiger partial charge in [0.05, 0.1) is 42.1 Å². The largest absolute Gasteiger partial charge is 1.00 e. The van der Waals surface area contributed by atoms with Crippen molar-refractivity contribution in [2.75, 3.05) is 31.5 Å². The second-order valence-electron chi connectivity index (χ2n) is 7.01. The maximum absolute atomic E-state index is 4.94. The molecule has 0 amide bonds. The number of hydrogen-bond donors (Lipinski definition) is 2. The molecule has 0 radical (unpaired) electrons. The molecule has 5 nitrogen and oxygen atoms in total. The lowest BCUT2D eigenvalue weighted by atomic mass is 10.1. The van der Waals surface area contributed by atoms with E-state index in [1.165, 1.54) is 5.56 Å². The number of nitrogens with zero attached hydrogens (tertiary/aromatic N) is 3. The molecule has 0 atom stereocenters. The van der Waals surface area contributed by atoms with Crippen LogP contribution in [0.5, 0.6) is 0 Å². The van der Waals surface area contributed by atoms with E-state index in [1.54, 1.807) is 22.6 Å². The van der Waals surface area contributed by atoms with Gasteiger partial charge in [0.15, 0.2) is 0 Å². The third kappa shape index (κ3) is 4.34. The van der Waals surface area contributed by atoms with Crippen molar-refractivity contribution in [1.29, 1.82) is 0 Å². The number of aryl methyl sites for hydroxylation is 1. The fourth-order valence-corrected chi connectivity index (χ4v) is 4.76. The van der Waals surface area contributed by atoms with Crippen molar-refractivity contribution in [1.82, 2.24) is 15.0 Å². The van der Waals surface area contributed by atoms with Gasteiger partial charge in [0, 0.05) is 10.9 Å². The summed E-state index contributed by atoms with van der Waals surface area (Å²) < 4.78 is 1.09. The minimum atomic E-state index is 0. The number of nitrogens with one attached hydrogen (secondary N) is 2. The molecule has 4 rings (SSSR count). The Labute approximate surface area is 181 Å². The zero-order chi connectivity index (χ0) is 19.5. The molecule has 0 saturated heterocycles. The number of rotatable bonds is 7. The molecule has 4 aromatic rings. The average Bonchev–Trinajstić information content (AvgIpc) is 3.12. The lowest BCUT2D eigenvalue weighted by Gasteiger charge is -2.15. The van der Waals surface area contributed by atoms with E-state index in [4.69, 9.17) is 4.98 Å². The predicted molar refractivity (Wildman–Crippen MR) is 118 cm³/mol. The normalized spacial score (nSPS) is 11.2. The van der Waals surface area contributed by atoms with E-state index in [9.17, 15) is 0 Å². The number of hydrogen-bond acceptors (Lipinski definition) is 5. The Morgan fingerprint density at radius 2 is 1.83 bits per heavy atom. The van der Waals surface area contributed by atoms with Crippen molar-refractivity contribution in [2.45, 2.75) is 20.8 Å². The molecule has 0 aliphatic rings. The quantitative estimate of drug-likeness (QED) is 0.452. The van der Waals surface area contributed by atoms with Gasteiger partial charge in [-0.15, -0.1) is 11.3 Å². The molecule has 0 fully saturated rings. The maximum Gasteiger partial charge on any atom is 0.147 e. The summed E-state index contributed by atoms with van der Waals surface area (Å²) in [5.41, 5.74) is 4.34. The highest BCUT2D eigenvalue weighted by Gasteiger charge is 2.16. The Bertz CT molecular complexity index is 1090. The lowest BCUT2D eigenvalue weighted by molar-refractivity contribution is -0.894. The number of thiophene rings is 1. The van der Waals surface area contributed by atoms with Gasteiger partial charge in [-0.1, -0.05) is 30.3 Å². The minimum absolute atomic E-state index is 0. The number of pyridine rings is 1. The number of benzene rings is 1. The highest BCUT2D eigenvalue weighted by Crippen LogP contribution is 2.37. The third-order valence-electron chi connectivity index (χ3n) is 5.26. The first-order valence-corrected chi connectivity index (χ1v) is 10.7. The van der Waals surface area contributed by atoms with Gasteiger partial charge in [0.2, 0.25) is 0 Å². The summed E-state index contributed by atoms with van der Waals surface area (Å²) in [6.45, 7) is 10.9. The first-order valence-electron chi connectivity index (χ1n) is 9.89. The summed E-state index contributed by atoms with van der Waals surface area (Å²) in [4.78, 5) is 16.6. The van der Waals surface area contributed by atoms with Crippen molar-refractivity contribution < 1.29 is 17.3 Å². The zero-order valence-electron chi connectivity index (χ0n) is 17.0. The summed E-state index contributed by atoms with van der Waals surface area (Å²) in [5.74, 6) is 0.917. The van der Waals surface area contributed by atoms with E-state index in [1.807, 2.05) is 18.2 Å². The molecule has 0 unspecified atom stereocenters. The Morgan fingerprint density at radius 3 is 2.55 bits per heavy atom. The number of halogens is 1. The van der Waals surface area contributed by atoms with Crippen molar-refractivity contribution in [3.05, 3.63) is 48.3 Å². The van der Waals surface area contributed by atoms with E-state index in [0.717, 1.165) is 63.7 Å². The molecule has 1 aromatic carbocycles. The zero-order valence-corrected chi connectivity index (χ0v) is 18.6. The van der Waals surface area contributed by atoms with Gasteiger partial charge in [-0.25, -0.2) is 15.0 Å². The van der Waals surface area contributed by atoms with Crippen LogP contribution in [0.2, 0.25) is 0 Å². The molecule has 0 saturated carbocycles. The first kappa shape index (κ1) is 21.4. The molecule has 3 heterocycles. The van der Waals surface area contributed by atoms with E-state index in [0.29, 0.717) is 0 Å². The summed E-state index contributed by atoms with van der Waals surface area (Å²) in [6.07, 6.45) is 1.66. The van der Waals surface area contributed by atoms with Crippen molar-refractivity contribution >= 4 is 37.6 Å². The summed E-state index contributed by atoms with van der Waals surface area (Å²) in [5, 5.41) is 4.66. The maximum atomic E-state index is 4.94. The fourth-order valence-electron chi connectivity index (χ4n) is 3.59. The van der Waals surface area contributed by atoms with Crippen molar-refractivity contribution in [3.63, 3.8) is 0 Å². The Kier molecular flexibility index (Phi) is 7.00. The van der Waals surface area contributed by atoms with Crippen LogP contribution >= 0.6 is 11.3 Å². The molecule has 7 heteroatoms. The van der Waals surface area contributed by atoms with Crippen LogP contribution in [-0.4, -0.2) is 41.1 Å². The second-order valence-corrected chi connectivity index (χ2v) is 8.01. The smallest absolute Gasteiger partial charge is 0.147 e. The molecular formula is C22H26ClN5S. The standard InChI is InChI=1S/C22H25N5S.ClH/c1-4-27(5-2)12-11-23-21-20-19(24-14-25-21)18-15(3)13-17(26-22(18)28-20)16-9-7-6-8-10-16;/h6-10,13-14H,4-5,11-12H2,1-3H3,(H,23,24,25);1H. The van der Waals surface area contributed by atoms with Crippen LogP contribution in [0.4, 0.5) is 5.82 Å². The summed E-state index contributed by atoms with van der Waals surface area (Å²) >= 11 is 1.68.